The van der Waals surface area contributed by atoms with Crippen LogP contribution in [0, 0.1) is 11.3 Å². The summed E-state index contributed by atoms with van der Waals surface area (Å²) >= 11 is 0. The number of carbonyl (C=O) groups excluding carboxylic acids is 4. The second-order valence-corrected chi connectivity index (χ2v) is 9.76. The first-order chi connectivity index (χ1) is 16.5. The average Bonchev–Trinajstić information content (AvgIpc) is 2.79. The van der Waals surface area contributed by atoms with Crippen molar-refractivity contribution in [1.29, 1.82) is 5.41 Å². The first-order valence-corrected chi connectivity index (χ1v) is 12.8. The molecule has 11 nitrogen and oxygen atoms in total. The highest BCUT2D eigenvalue weighted by molar-refractivity contribution is 5.96. The molecule has 0 spiro atoms. The molecule has 0 aromatic carbocycles. The van der Waals surface area contributed by atoms with Crippen LogP contribution in [0.15, 0.2) is 0 Å². The van der Waals surface area contributed by atoms with E-state index in [0.717, 1.165) is 32.1 Å². The van der Waals surface area contributed by atoms with Crippen molar-refractivity contribution < 1.29 is 19.2 Å². The third-order valence-corrected chi connectivity index (χ3v) is 6.23. The predicted octanol–water partition coefficient (Wildman–Crippen LogP) is 0.631. The molecule has 0 saturated carbocycles. The zero-order chi connectivity index (χ0) is 26.4. The summed E-state index contributed by atoms with van der Waals surface area (Å²) in [5.74, 6) is -1.84. The minimum atomic E-state index is -1.17. The third kappa shape index (κ3) is 11.0. The van der Waals surface area contributed by atoms with Gasteiger partial charge in [-0.25, -0.2) is 0 Å². The van der Waals surface area contributed by atoms with Crippen LogP contribution in [0.3, 0.4) is 0 Å². The molecule has 11 heteroatoms. The Morgan fingerprint density at radius 3 is 2.37 bits per heavy atom. The Kier molecular flexibility index (Phi) is 13.1. The van der Waals surface area contributed by atoms with Gasteiger partial charge in [-0.1, -0.05) is 46.5 Å². The average molecular weight is 496 g/mol. The fourth-order valence-electron chi connectivity index (χ4n) is 3.86. The van der Waals surface area contributed by atoms with Gasteiger partial charge < -0.3 is 32.3 Å². The van der Waals surface area contributed by atoms with Gasteiger partial charge in [0.1, 0.15) is 17.6 Å². The van der Waals surface area contributed by atoms with E-state index >= 15 is 0 Å². The maximum atomic E-state index is 13.4. The summed E-state index contributed by atoms with van der Waals surface area (Å²) in [5, 5.41) is 21.3. The molecular weight excluding hydrogens is 450 g/mol. The normalized spacial score (nSPS) is 25.2. The van der Waals surface area contributed by atoms with Crippen molar-refractivity contribution in [3.05, 3.63) is 0 Å². The molecule has 0 unspecified atom stereocenters. The molecule has 1 heterocycles. The summed E-state index contributed by atoms with van der Waals surface area (Å²) < 4.78 is 0. The van der Waals surface area contributed by atoms with E-state index in [4.69, 9.17) is 11.1 Å². The summed E-state index contributed by atoms with van der Waals surface area (Å²) in [6.45, 7) is 7.94. The lowest BCUT2D eigenvalue weighted by atomic mass is 9.91. The molecule has 0 aromatic heterocycles. The number of rotatable bonds is 7. The molecule has 4 amide bonds. The number of hydrogen-bond acceptors (Lipinski definition) is 5. The Morgan fingerprint density at radius 1 is 1.09 bits per heavy atom. The van der Waals surface area contributed by atoms with E-state index in [1.807, 2.05) is 6.92 Å². The molecule has 1 aliphatic rings. The number of hydrogen-bond donors (Lipinski definition) is 7. The Morgan fingerprint density at radius 2 is 1.74 bits per heavy atom. The van der Waals surface area contributed by atoms with E-state index in [1.165, 1.54) is 0 Å². The lowest BCUT2D eigenvalue weighted by molar-refractivity contribution is -0.137. The van der Waals surface area contributed by atoms with Gasteiger partial charge in [0, 0.05) is 19.0 Å². The second-order valence-electron chi connectivity index (χ2n) is 9.76. The van der Waals surface area contributed by atoms with Crippen molar-refractivity contribution in [3.8, 4) is 0 Å². The number of carbonyl (C=O) groups is 4. The Bertz CT molecular complexity index is 743. The van der Waals surface area contributed by atoms with E-state index in [2.05, 4.69) is 26.6 Å². The molecule has 0 radical (unpaired) electrons. The summed E-state index contributed by atoms with van der Waals surface area (Å²) in [6, 6.07) is -1.63. The molecule has 200 valence electrons. The number of nitrogens with one attached hydrogen (secondary N) is 6. The van der Waals surface area contributed by atoms with Crippen molar-refractivity contribution in [2.24, 2.45) is 11.7 Å². The lowest BCUT2D eigenvalue weighted by Gasteiger charge is -2.33. The topological polar surface area (TPSA) is 178 Å². The highest BCUT2D eigenvalue weighted by atomic mass is 16.2. The first kappa shape index (κ1) is 30.2. The molecule has 1 saturated heterocycles. The smallest absolute Gasteiger partial charge is 0.246 e. The van der Waals surface area contributed by atoms with Crippen molar-refractivity contribution in [2.45, 2.75) is 103 Å². The van der Waals surface area contributed by atoms with Crippen LogP contribution in [-0.4, -0.2) is 60.3 Å². The summed E-state index contributed by atoms with van der Waals surface area (Å²) in [4.78, 5) is 51.7. The largest absolute Gasteiger partial charge is 0.370 e. The van der Waals surface area contributed by atoms with Gasteiger partial charge >= 0.3 is 0 Å². The molecule has 8 N–H and O–H groups in total. The molecular formula is C24H45N7O4. The number of amides is 4. The van der Waals surface area contributed by atoms with Gasteiger partial charge in [0.2, 0.25) is 23.6 Å². The summed E-state index contributed by atoms with van der Waals surface area (Å²) in [5.41, 5.74) is 4.15. The monoisotopic (exact) mass is 495 g/mol. The Labute approximate surface area is 209 Å². The van der Waals surface area contributed by atoms with Gasteiger partial charge in [0.15, 0.2) is 5.96 Å². The predicted molar refractivity (Wildman–Crippen MR) is 135 cm³/mol. The maximum absolute atomic E-state index is 13.4. The van der Waals surface area contributed by atoms with Crippen LogP contribution in [0.2, 0.25) is 0 Å². The third-order valence-electron chi connectivity index (χ3n) is 6.23. The van der Waals surface area contributed by atoms with Crippen molar-refractivity contribution in [2.75, 3.05) is 13.1 Å². The zero-order valence-corrected chi connectivity index (χ0v) is 21.7. The van der Waals surface area contributed by atoms with E-state index in [9.17, 15) is 19.2 Å². The second kappa shape index (κ2) is 15.2. The highest BCUT2D eigenvalue weighted by Crippen LogP contribution is 2.18. The molecule has 3 atom stereocenters. The van der Waals surface area contributed by atoms with E-state index < -0.39 is 29.4 Å². The van der Waals surface area contributed by atoms with E-state index in [1.54, 1.807) is 20.8 Å². The molecule has 35 heavy (non-hydrogen) atoms. The highest BCUT2D eigenvalue weighted by Gasteiger charge is 2.37. The van der Waals surface area contributed by atoms with Crippen molar-refractivity contribution in [1.82, 2.24) is 26.6 Å². The molecule has 0 aliphatic carbocycles. The van der Waals surface area contributed by atoms with Gasteiger partial charge in [-0.05, 0) is 39.0 Å². The van der Waals surface area contributed by atoms with Crippen LogP contribution >= 0.6 is 0 Å². The number of nitrogens with two attached hydrogens (primary N) is 1. The van der Waals surface area contributed by atoms with Crippen LogP contribution < -0.4 is 32.3 Å². The molecule has 1 rings (SSSR count). The maximum Gasteiger partial charge on any atom is 0.246 e. The van der Waals surface area contributed by atoms with Crippen LogP contribution in [0.25, 0.3) is 0 Å². The van der Waals surface area contributed by atoms with Crippen molar-refractivity contribution in [3.63, 3.8) is 0 Å². The molecule has 1 fully saturated rings. The van der Waals surface area contributed by atoms with Crippen LogP contribution in [0.1, 0.15) is 85.5 Å². The van der Waals surface area contributed by atoms with Gasteiger partial charge in [0.25, 0.3) is 0 Å². The Balaban J connectivity index is 3.15. The van der Waals surface area contributed by atoms with Gasteiger partial charge in [0.05, 0.1) is 0 Å². The Hall–Kier alpha value is -2.85. The standard InChI is InChI=1S/C24H45N7O4/c1-5-17-20(33)27-14-10-8-6-7-9-13-24(4,31-19(32)16(2)3)22(35)30-18(21(34)29-17)12-11-15-28-23(25)26/h16-18H,5-15H2,1-4H3,(H,27,33)(H,29,34)(H,30,35)(H,31,32)(H4,25,26,28)/t17-,18-,24-/m0/s1. The van der Waals surface area contributed by atoms with Gasteiger partial charge in [-0.2, -0.15) is 0 Å². The van der Waals surface area contributed by atoms with E-state index in [0.29, 0.717) is 32.4 Å². The van der Waals surface area contributed by atoms with Crippen molar-refractivity contribution >= 4 is 29.6 Å². The molecule has 1 aliphatic heterocycles. The SMILES string of the molecule is CC[C@@H]1NC(=O)[C@H](CCCNC(=N)N)NC(=O)[C@@](C)(NC(=O)C(C)C)CCCCCCCNC1=O. The molecule has 0 aromatic rings. The lowest BCUT2D eigenvalue weighted by Crippen LogP contribution is -2.62. The fraction of sp³-hybridized carbons (Fsp3) is 0.792. The first-order valence-electron chi connectivity index (χ1n) is 12.8. The number of guanidine groups is 1. The van der Waals surface area contributed by atoms with Crippen LogP contribution in [0.5, 0.6) is 0 Å². The van der Waals surface area contributed by atoms with E-state index in [-0.39, 0.29) is 30.1 Å². The zero-order valence-electron chi connectivity index (χ0n) is 21.7. The van der Waals surface area contributed by atoms with Gasteiger partial charge in [-0.15, -0.1) is 0 Å². The quantitative estimate of drug-likeness (QED) is 0.155. The van der Waals surface area contributed by atoms with Crippen LogP contribution in [0.4, 0.5) is 0 Å². The summed E-state index contributed by atoms with van der Waals surface area (Å²) in [6.07, 6.45) is 5.97. The van der Waals surface area contributed by atoms with Crippen LogP contribution in [-0.2, 0) is 19.2 Å². The minimum absolute atomic E-state index is 0.178. The summed E-state index contributed by atoms with van der Waals surface area (Å²) in [7, 11) is 0. The fourth-order valence-corrected chi connectivity index (χ4v) is 3.86. The molecule has 0 bridgehead atoms. The van der Waals surface area contributed by atoms with Gasteiger partial charge in [-0.3, -0.25) is 24.6 Å². The minimum Gasteiger partial charge on any atom is -0.370 e.